The SMILES string of the molecule is C=C(C)C(=O)NCC(=O)OC12CC3(O)CC(O)(CC(O)(C3)C1C)C2. The second-order valence-electron chi connectivity index (χ2n) is 8.16. The number of ether oxygens (including phenoxy) is 1. The Balaban J connectivity index is 1.78. The topological polar surface area (TPSA) is 116 Å². The van der Waals surface area contributed by atoms with Gasteiger partial charge in [-0.3, -0.25) is 9.59 Å². The zero-order chi connectivity index (χ0) is 18.0. The molecule has 0 aromatic rings. The van der Waals surface area contributed by atoms with Gasteiger partial charge in [-0.15, -0.1) is 0 Å². The molecule has 24 heavy (non-hydrogen) atoms. The van der Waals surface area contributed by atoms with Gasteiger partial charge in [-0.05, 0) is 6.92 Å². The second-order valence-corrected chi connectivity index (χ2v) is 8.16. The lowest BCUT2D eigenvalue weighted by molar-refractivity contribution is -0.325. The lowest BCUT2D eigenvalue weighted by Gasteiger charge is -2.67. The summed E-state index contributed by atoms with van der Waals surface area (Å²) < 4.78 is 5.63. The van der Waals surface area contributed by atoms with Crippen LogP contribution < -0.4 is 5.32 Å². The molecular weight excluding hydrogens is 314 g/mol. The van der Waals surface area contributed by atoms with E-state index in [0.29, 0.717) is 0 Å². The molecule has 134 valence electrons. The molecule has 3 unspecified atom stereocenters. The predicted octanol–water partition coefficient (Wildman–Crippen LogP) is -0.219. The van der Waals surface area contributed by atoms with E-state index in [2.05, 4.69) is 11.9 Å². The second kappa shape index (κ2) is 5.03. The molecule has 0 aromatic carbocycles. The zero-order valence-corrected chi connectivity index (χ0v) is 14.1. The minimum Gasteiger partial charge on any atom is -0.457 e. The molecule has 4 rings (SSSR count). The van der Waals surface area contributed by atoms with E-state index in [-0.39, 0.29) is 44.2 Å². The predicted molar refractivity (Wildman–Crippen MR) is 83.7 cm³/mol. The molecule has 4 aliphatic rings. The minimum atomic E-state index is -1.26. The molecule has 4 N–H and O–H groups in total. The van der Waals surface area contributed by atoms with E-state index in [1.54, 1.807) is 6.92 Å². The van der Waals surface area contributed by atoms with Gasteiger partial charge in [0, 0.05) is 43.6 Å². The standard InChI is InChI=1S/C17H25NO6/c1-10(2)13(20)18-4-12(19)24-17-8-14(21)5-15(22,9-17)7-16(23,6-14)11(17)3/h11,21-23H,1,4-9H2,2-3H3,(H,18,20). The fourth-order valence-electron chi connectivity index (χ4n) is 5.19. The summed E-state index contributed by atoms with van der Waals surface area (Å²) in [6.45, 7) is 6.48. The Bertz CT molecular complexity index is 596. The highest BCUT2D eigenvalue weighted by molar-refractivity contribution is 5.94. The molecule has 3 atom stereocenters. The maximum atomic E-state index is 12.2. The van der Waals surface area contributed by atoms with Gasteiger partial charge in [0.05, 0.1) is 16.8 Å². The number of nitrogens with one attached hydrogen (secondary N) is 1. The molecule has 0 aliphatic heterocycles. The van der Waals surface area contributed by atoms with Gasteiger partial charge < -0.3 is 25.4 Å². The van der Waals surface area contributed by atoms with E-state index in [0.717, 1.165) is 0 Å². The molecule has 4 aliphatic carbocycles. The highest BCUT2D eigenvalue weighted by Crippen LogP contribution is 2.64. The van der Waals surface area contributed by atoms with Gasteiger partial charge in [-0.25, -0.2) is 0 Å². The van der Waals surface area contributed by atoms with Crippen molar-refractivity contribution >= 4 is 11.9 Å². The first-order valence-corrected chi connectivity index (χ1v) is 8.24. The third kappa shape index (κ3) is 2.64. The Hall–Kier alpha value is -1.44. The summed E-state index contributed by atoms with van der Waals surface area (Å²) in [5, 5.41) is 34.7. The number of amides is 1. The van der Waals surface area contributed by atoms with E-state index < -0.39 is 40.2 Å². The van der Waals surface area contributed by atoms with Gasteiger partial charge >= 0.3 is 5.97 Å². The summed E-state index contributed by atoms with van der Waals surface area (Å²) in [5.74, 6) is -1.51. The average Bonchev–Trinajstić information content (AvgIpc) is 2.38. The molecule has 1 amide bonds. The summed E-state index contributed by atoms with van der Waals surface area (Å²) in [5.41, 5.74) is -4.59. The van der Waals surface area contributed by atoms with Crippen molar-refractivity contribution in [3.05, 3.63) is 12.2 Å². The molecule has 7 heteroatoms. The Morgan fingerprint density at radius 1 is 1.12 bits per heavy atom. The fraction of sp³-hybridized carbons (Fsp3) is 0.765. The van der Waals surface area contributed by atoms with Gasteiger partial charge in [-0.2, -0.15) is 0 Å². The summed E-state index contributed by atoms with van der Waals surface area (Å²) in [6.07, 6.45) is 0.906. The largest absolute Gasteiger partial charge is 0.457 e. The monoisotopic (exact) mass is 339 g/mol. The smallest absolute Gasteiger partial charge is 0.325 e. The van der Waals surface area contributed by atoms with Crippen LogP contribution in [0.2, 0.25) is 0 Å². The Morgan fingerprint density at radius 3 is 2.17 bits per heavy atom. The van der Waals surface area contributed by atoms with Crippen LogP contribution >= 0.6 is 0 Å². The van der Waals surface area contributed by atoms with Crippen molar-refractivity contribution in [1.29, 1.82) is 0 Å². The van der Waals surface area contributed by atoms with Crippen LogP contribution in [0.1, 0.15) is 46.0 Å². The van der Waals surface area contributed by atoms with Crippen LogP contribution in [0, 0.1) is 5.92 Å². The normalized spacial score (nSPS) is 45.8. The van der Waals surface area contributed by atoms with Gasteiger partial charge in [0.15, 0.2) is 0 Å². The van der Waals surface area contributed by atoms with E-state index in [1.165, 1.54) is 6.92 Å². The van der Waals surface area contributed by atoms with Crippen LogP contribution in [-0.2, 0) is 14.3 Å². The molecule has 4 fully saturated rings. The van der Waals surface area contributed by atoms with Crippen LogP contribution in [0.3, 0.4) is 0 Å². The molecule has 7 nitrogen and oxygen atoms in total. The van der Waals surface area contributed by atoms with Crippen molar-refractivity contribution in [3.8, 4) is 0 Å². The number of rotatable bonds is 4. The molecule has 0 spiro atoms. The van der Waals surface area contributed by atoms with E-state index in [9.17, 15) is 24.9 Å². The molecule has 0 saturated heterocycles. The first kappa shape index (κ1) is 17.4. The molecule has 0 radical (unpaired) electrons. The van der Waals surface area contributed by atoms with Crippen molar-refractivity contribution in [3.63, 3.8) is 0 Å². The van der Waals surface area contributed by atoms with E-state index >= 15 is 0 Å². The van der Waals surface area contributed by atoms with Gasteiger partial charge in [0.1, 0.15) is 12.1 Å². The summed E-state index contributed by atoms with van der Waals surface area (Å²) in [6, 6.07) is 0. The van der Waals surface area contributed by atoms with Crippen LogP contribution in [0.15, 0.2) is 12.2 Å². The molecular formula is C17H25NO6. The summed E-state index contributed by atoms with van der Waals surface area (Å²) >= 11 is 0. The molecule has 0 aromatic heterocycles. The van der Waals surface area contributed by atoms with Crippen molar-refractivity contribution in [2.24, 2.45) is 5.92 Å². The van der Waals surface area contributed by atoms with Crippen molar-refractivity contribution in [2.45, 2.75) is 68.4 Å². The number of aliphatic hydroxyl groups is 3. The third-order valence-electron chi connectivity index (χ3n) is 5.88. The Morgan fingerprint density at radius 2 is 1.67 bits per heavy atom. The molecule has 0 heterocycles. The van der Waals surface area contributed by atoms with Crippen molar-refractivity contribution in [1.82, 2.24) is 5.32 Å². The molecule has 4 bridgehead atoms. The summed E-state index contributed by atoms with van der Waals surface area (Å²) in [7, 11) is 0. The quantitative estimate of drug-likeness (QED) is 0.416. The van der Waals surface area contributed by atoms with Gasteiger partial charge in [-0.1, -0.05) is 13.5 Å². The third-order valence-corrected chi connectivity index (χ3v) is 5.88. The number of carbonyl (C=O) groups is 2. The Kier molecular flexibility index (Phi) is 3.64. The number of hydrogen-bond acceptors (Lipinski definition) is 6. The van der Waals surface area contributed by atoms with Crippen LogP contribution in [0.4, 0.5) is 0 Å². The van der Waals surface area contributed by atoms with Gasteiger partial charge in [0.25, 0.3) is 0 Å². The van der Waals surface area contributed by atoms with Crippen molar-refractivity contribution in [2.75, 3.05) is 6.54 Å². The van der Waals surface area contributed by atoms with E-state index in [1.807, 2.05) is 0 Å². The minimum absolute atomic E-state index is 0.176. The first-order valence-electron chi connectivity index (χ1n) is 8.24. The number of esters is 1. The van der Waals surface area contributed by atoms with Crippen molar-refractivity contribution < 1.29 is 29.6 Å². The Labute approximate surface area is 140 Å². The van der Waals surface area contributed by atoms with Crippen LogP contribution in [0.25, 0.3) is 0 Å². The number of carbonyl (C=O) groups excluding carboxylic acids is 2. The first-order chi connectivity index (χ1) is 10.9. The van der Waals surface area contributed by atoms with Gasteiger partial charge in [0.2, 0.25) is 5.91 Å². The highest BCUT2D eigenvalue weighted by Gasteiger charge is 2.72. The maximum absolute atomic E-state index is 12.2. The van der Waals surface area contributed by atoms with Crippen LogP contribution in [-0.4, -0.2) is 56.1 Å². The average molecular weight is 339 g/mol. The number of hydrogen-bond donors (Lipinski definition) is 4. The zero-order valence-electron chi connectivity index (χ0n) is 14.1. The van der Waals surface area contributed by atoms with E-state index in [4.69, 9.17) is 4.74 Å². The molecule has 4 saturated carbocycles. The summed E-state index contributed by atoms with van der Waals surface area (Å²) in [4.78, 5) is 23.7. The fourth-order valence-corrected chi connectivity index (χ4v) is 5.19. The maximum Gasteiger partial charge on any atom is 0.325 e. The highest BCUT2D eigenvalue weighted by atomic mass is 16.6. The van der Waals surface area contributed by atoms with Crippen LogP contribution in [0.5, 0.6) is 0 Å². The lowest BCUT2D eigenvalue weighted by atomic mass is 9.45. The lowest BCUT2D eigenvalue weighted by Crippen LogP contribution is -2.76.